The first-order valence-corrected chi connectivity index (χ1v) is 13.4. The smallest absolute Gasteiger partial charge is 0.295 e. The molecule has 2 aromatic carbocycles. The van der Waals surface area contributed by atoms with Crippen LogP contribution >= 0.6 is 0 Å². The van der Waals surface area contributed by atoms with E-state index in [-0.39, 0.29) is 17.4 Å². The summed E-state index contributed by atoms with van der Waals surface area (Å²) in [6, 6.07) is 10.0. The minimum absolute atomic E-state index is 0.0510. The predicted octanol–water partition coefficient (Wildman–Crippen LogP) is 4.57. The number of aliphatic hydroxyl groups excluding tert-OH is 1. The molecule has 0 unspecified atom stereocenters. The van der Waals surface area contributed by atoms with Crippen molar-refractivity contribution in [2.75, 3.05) is 39.9 Å². The molecule has 8 nitrogen and oxygen atoms in total. The van der Waals surface area contributed by atoms with E-state index < -0.39 is 17.7 Å². The minimum atomic E-state index is -0.750. The van der Waals surface area contributed by atoms with E-state index in [0.717, 1.165) is 37.4 Å². The maximum Gasteiger partial charge on any atom is 0.295 e. The number of likely N-dealkylation sites (tertiary alicyclic amines) is 1. The summed E-state index contributed by atoms with van der Waals surface area (Å²) in [5, 5.41) is 11.5. The number of methoxy groups -OCH3 is 1. The maximum absolute atomic E-state index is 13.4. The Morgan fingerprint density at radius 2 is 1.87 bits per heavy atom. The van der Waals surface area contributed by atoms with Gasteiger partial charge in [-0.25, -0.2) is 0 Å². The Bertz CT molecular complexity index is 1220. The van der Waals surface area contributed by atoms with E-state index in [0.29, 0.717) is 42.2 Å². The molecule has 2 atom stereocenters. The maximum atomic E-state index is 13.4. The van der Waals surface area contributed by atoms with Crippen molar-refractivity contribution in [2.24, 2.45) is 0 Å². The van der Waals surface area contributed by atoms with Crippen molar-refractivity contribution in [3.63, 3.8) is 0 Å². The summed E-state index contributed by atoms with van der Waals surface area (Å²) < 4.78 is 17.0. The molecule has 2 aliphatic heterocycles. The van der Waals surface area contributed by atoms with Crippen molar-refractivity contribution < 1.29 is 28.9 Å². The van der Waals surface area contributed by atoms with Crippen molar-refractivity contribution >= 4 is 17.4 Å². The van der Waals surface area contributed by atoms with Gasteiger partial charge in [-0.3, -0.25) is 9.59 Å². The lowest BCUT2D eigenvalue weighted by atomic mass is 9.94. The van der Waals surface area contributed by atoms with Crippen LogP contribution in [0.4, 0.5) is 0 Å². The first kappa shape index (κ1) is 27.5. The van der Waals surface area contributed by atoms with Gasteiger partial charge in [-0.2, -0.15) is 0 Å². The standard InChI is InChI=1S/C30H38N2O6/c1-6-31(7-2)14-9-15-32-27(20-10-13-24(37-8-3)25(18-20)36-5)26(29(34)30(32)35)28(33)21-11-12-23-22(17-21)16-19(4)38-23/h10-13,17-19,27,33H,6-9,14-16H2,1-5H3/b28-26+/t19-,27-/m0/s1. The molecule has 0 bridgehead atoms. The third-order valence-corrected chi connectivity index (χ3v) is 7.28. The van der Waals surface area contributed by atoms with Crippen LogP contribution in [-0.4, -0.2) is 72.6 Å². The minimum Gasteiger partial charge on any atom is -0.507 e. The van der Waals surface area contributed by atoms with Gasteiger partial charge >= 0.3 is 0 Å². The van der Waals surface area contributed by atoms with E-state index in [4.69, 9.17) is 14.2 Å². The molecule has 1 N–H and O–H groups in total. The van der Waals surface area contributed by atoms with Crippen LogP contribution in [0.3, 0.4) is 0 Å². The molecule has 2 aliphatic rings. The number of carbonyl (C=O) groups is 2. The lowest BCUT2D eigenvalue weighted by Crippen LogP contribution is -2.33. The van der Waals surface area contributed by atoms with Gasteiger partial charge in [0, 0.05) is 18.5 Å². The lowest BCUT2D eigenvalue weighted by molar-refractivity contribution is -0.140. The first-order chi connectivity index (χ1) is 18.3. The zero-order valence-electron chi connectivity index (χ0n) is 23.0. The van der Waals surface area contributed by atoms with Gasteiger partial charge < -0.3 is 29.1 Å². The summed E-state index contributed by atoms with van der Waals surface area (Å²) in [5.41, 5.74) is 2.21. The van der Waals surface area contributed by atoms with Crippen LogP contribution in [0.2, 0.25) is 0 Å². The molecule has 1 fully saturated rings. The van der Waals surface area contributed by atoms with E-state index in [9.17, 15) is 14.7 Å². The molecular formula is C30H38N2O6. The van der Waals surface area contributed by atoms with Gasteiger partial charge in [0.1, 0.15) is 17.6 Å². The molecule has 0 saturated carbocycles. The molecule has 2 heterocycles. The normalized spacial score (nSPS) is 20.1. The Morgan fingerprint density at radius 1 is 1.11 bits per heavy atom. The first-order valence-electron chi connectivity index (χ1n) is 13.4. The third kappa shape index (κ3) is 5.36. The van der Waals surface area contributed by atoms with Crippen LogP contribution < -0.4 is 14.2 Å². The number of nitrogens with zero attached hydrogens (tertiary/aromatic N) is 2. The number of amides is 1. The second-order valence-corrected chi connectivity index (χ2v) is 9.67. The SMILES string of the molecule is CCOc1ccc([C@H]2/C(=C(\O)c3ccc4c(c3)C[C@H](C)O4)C(=O)C(=O)N2CCCN(CC)CC)cc1OC. The van der Waals surface area contributed by atoms with Gasteiger partial charge in [0.2, 0.25) is 0 Å². The number of benzene rings is 2. The summed E-state index contributed by atoms with van der Waals surface area (Å²) in [4.78, 5) is 30.6. The number of hydrogen-bond donors (Lipinski definition) is 1. The molecule has 1 amide bonds. The van der Waals surface area contributed by atoms with E-state index in [2.05, 4.69) is 18.7 Å². The zero-order chi connectivity index (χ0) is 27.4. The quantitative estimate of drug-likeness (QED) is 0.263. The number of hydrogen-bond acceptors (Lipinski definition) is 7. The van der Waals surface area contributed by atoms with Crippen molar-refractivity contribution in [1.29, 1.82) is 0 Å². The molecule has 0 spiro atoms. The van der Waals surface area contributed by atoms with Crippen molar-refractivity contribution in [1.82, 2.24) is 9.80 Å². The Morgan fingerprint density at radius 3 is 2.55 bits per heavy atom. The Labute approximate surface area is 224 Å². The fraction of sp³-hybridized carbons (Fsp3) is 0.467. The van der Waals surface area contributed by atoms with Crippen molar-refractivity contribution in [3.05, 3.63) is 58.7 Å². The summed E-state index contributed by atoms with van der Waals surface area (Å²) >= 11 is 0. The fourth-order valence-corrected chi connectivity index (χ4v) is 5.32. The summed E-state index contributed by atoms with van der Waals surface area (Å²) in [5.74, 6) is 0.371. The average molecular weight is 523 g/mol. The summed E-state index contributed by atoms with van der Waals surface area (Å²) in [6.07, 6.45) is 1.47. The van der Waals surface area contributed by atoms with Crippen LogP contribution in [0.1, 0.15) is 56.8 Å². The Balaban J connectivity index is 1.78. The monoisotopic (exact) mass is 522 g/mol. The van der Waals surface area contributed by atoms with E-state index in [1.165, 1.54) is 0 Å². The molecule has 2 aromatic rings. The number of ether oxygens (including phenoxy) is 3. The van der Waals surface area contributed by atoms with E-state index in [1.54, 1.807) is 30.2 Å². The Kier molecular flexibility index (Phi) is 8.62. The molecule has 38 heavy (non-hydrogen) atoms. The molecule has 0 aromatic heterocycles. The molecule has 1 saturated heterocycles. The van der Waals surface area contributed by atoms with Crippen LogP contribution in [0.5, 0.6) is 17.2 Å². The lowest BCUT2D eigenvalue weighted by Gasteiger charge is -2.27. The van der Waals surface area contributed by atoms with Crippen LogP contribution in [0, 0.1) is 0 Å². The van der Waals surface area contributed by atoms with Crippen LogP contribution in [-0.2, 0) is 16.0 Å². The number of Topliss-reactive ketones (excluding diaryl/α,β-unsaturated/α-hetero) is 1. The number of ketones is 1. The molecule has 0 aliphatic carbocycles. The largest absolute Gasteiger partial charge is 0.507 e. The Hall–Kier alpha value is -3.52. The molecule has 4 rings (SSSR count). The highest BCUT2D eigenvalue weighted by Crippen LogP contribution is 2.42. The second-order valence-electron chi connectivity index (χ2n) is 9.67. The van der Waals surface area contributed by atoms with Gasteiger partial charge in [0.05, 0.1) is 25.3 Å². The number of aliphatic hydroxyl groups is 1. The molecule has 0 radical (unpaired) electrons. The average Bonchev–Trinajstić information content (AvgIpc) is 3.42. The second kappa shape index (κ2) is 11.9. The van der Waals surface area contributed by atoms with Crippen molar-refractivity contribution in [2.45, 2.75) is 52.7 Å². The number of fused-ring (bicyclic) bond motifs is 1. The van der Waals surface area contributed by atoms with Crippen molar-refractivity contribution in [3.8, 4) is 17.2 Å². The topological polar surface area (TPSA) is 88.5 Å². The highest BCUT2D eigenvalue weighted by molar-refractivity contribution is 6.46. The third-order valence-electron chi connectivity index (χ3n) is 7.28. The molecular weight excluding hydrogens is 484 g/mol. The predicted molar refractivity (Wildman–Crippen MR) is 146 cm³/mol. The highest BCUT2D eigenvalue weighted by Gasteiger charge is 2.46. The van der Waals surface area contributed by atoms with E-state index in [1.807, 2.05) is 32.0 Å². The van der Waals surface area contributed by atoms with Gasteiger partial charge in [-0.1, -0.05) is 19.9 Å². The number of rotatable bonds is 11. The number of carbonyl (C=O) groups excluding carboxylic acids is 2. The van der Waals surface area contributed by atoms with Gasteiger partial charge in [0.25, 0.3) is 11.7 Å². The van der Waals surface area contributed by atoms with E-state index >= 15 is 0 Å². The van der Waals surface area contributed by atoms with Crippen LogP contribution in [0.25, 0.3) is 5.76 Å². The van der Waals surface area contributed by atoms with Crippen LogP contribution in [0.15, 0.2) is 42.0 Å². The van der Waals surface area contributed by atoms with Gasteiger partial charge in [-0.15, -0.1) is 0 Å². The van der Waals surface area contributed by atoms with Gasteiger partial charge in [-0.05, 0) is 81.4 Å². The fourth-order valence-electron chi connectivity index (χ4n) is 5.32. The molecule has 204 valence electrons. The zero-order valence-corrected chi connectivity index (χ0v) is 23.0. The summed E-state index contributed by atoms with van der Waals surface area (Å²) in [6.45, 7) is 11.6. The van der Waals surface area contributed by atoms with Gasteiger partial charge in [0.15, 0.2) is 11.5 Å². The molecule has 8 heteroatoms. The summed E-state index contributed by atoms with van der Waals surface area (Å²) in [7, 11) is 1.55. The highest BCUT2D eigenvalue weighted by atomic mass is 16.5.